The van der Waals surface area contributed by atoms with E-state index in [1.54, 1.807) is 6.08 Å². The average molecular weight is 255 g/mol. The van der Waals surface area contributed by atoms with Crippen molar-refractivity contribution in [3.05, 3.63) is 45.4 Å². The molecule has 1 heterocycles. The van der Waals surface area contributed by atoms with Crippen LogP contribution in [-0.2, 0) is 6.42 Å². The Kier molecular flexibility index (Phi) is 4.97. The summed E-state index contributed by atoms with van der Waals surface area (Å²) in [6, 6.07) is 1.41. The zero-order valence-electron chi connectivity index (χ0n) is 9.68. The third-order valence-corrected chi connectivity index (χ3v) is 2.56. The summed E-state index contributed by atoms with van der Waals surface area (Å²) < 4.78 is 0. The van der Waals surface area contributed by atoms with Gasteiger partial charge in [0.25, 0.3) is 11.5 Å². The summed E-state index contributed by atoms with van der Waals surface area (Å²) in [6.45, 7) is 5.78. The highest BCUT2D eigenvalue weighted by atomic mass is 35.5. The Morgan fingerprint density at radius 1 is 1.65 bits per heavy atom. The van der Waals surface area contributed by atoms with Crippen LogP contribution in [0.15, 0.2) is 23.5 Å². The van der Waals surface area contributed by atoms with E-state index in [1.807, 2.05) is 6.92 Å². The first-order chi connectivity index (χ1) is 8.10. The number of nitrogens with one attached hydrogen (secondary N) is 2. The highest BCUT2D eigenvalue weighted by molar-refractivity contribution is 6.31. The van der Waals surface area contributed by atoms with Crippen molar-refractivity contribution in [1.29, 1.82) is 0 Å². The molecular weight excluding hydrogens is 240 g/mol. The molecule has 4 nitrogen and oxygen atoms in total. The topological polar surface area (TPSA) is 62.0 Å². The van der Waals surface area contributed by atoms with Gasteiger partial charge in [0.1, 0.15) is 5.56 Å². The van der Waals surface area contributed by atoms with Gasteiger partial charge in [-0.05, 0) is 12.5 Å². The minimum absolute atomic E-state index is 0.0247. The number of carbonyl (C=O) groups excluding carboxylic acids is 1. The number of H-pyrrole nitrogens is 1. The van der Waals surface area contributed by atoms with Gasteiger partial charge in [-0.25, -0.2) is 0 Å². The molecule has 0 saturated carbocycles. The molecule has 0 unspecified atom stereocenters. The highest BCUT2D eigenvalue weighted by Gasteiger charge is 2.12. The van der Waals surface area contributed by atoms with E-state index >= 15 is 0 Å². The van der Waals surface area contributed by atoms with Gasteiger partial charge in [-0.1, -0.05) is 31.0 Å². The maximum absolute atomic E-state index is 11.7. The molecule has 0 radical (unpaired) electrons. The molecule has 0 bridgehead atoms. The maximum Gasteiger partial charge on any atom is 0.261 e. The number of aromatic amines is 1. The van der Waals surface area contributed by atoms with E-state index in [9.17, 15) is 9.59 Å². The van der Waals surface area contributed by atoms with Crippen molar-refractivity contribution >= 4 is 17.5 Å². The first-order valence-corrected chi connectivity index (χ1v) is 5.78. The summed E-state index contributed by atoms with van der Waals surface area (Å²) in [5, 5.41) is 2.94. The van der Waals surface area contributed by atoms with Crippen molar-refractivity contribution in [1.82, 2.24) is 10.3 Å². The van der Waals surface area contributed by atoms with Gasteiger partial charge in [-0.2, -0.15) is 0 Å². The van der Waals surface area contributed by atoms with Crippen LogP contribution in [0.3, 0.4) is 0 Å². The lowest BCUT2D eigenvalue weighted by molar-refractivity contribution is 0.0956. The van der Waals surface area contributed by atoms with Crippen LogP contribution in [0.2, 0.25) is 5.02 Å². The van der Waals surface area contributed by atoms with E-state index in [0.29, 0.717) is 23.7 Å². The van der Waals surface area contributed by atoms with E-state index in [-0.39, 0.29) is 5.56 Å². The average Bonchev–Trinajstić information content (AvgIpc) is 2.30. The molecule has 1 rings (SSSR count). The number of pyridine rings is 1. The van der Waals surface area contributed by atoms with Crippen LogP contribution in [0, 0.1) is 0 Å². The van der Waals surface area contributed by atoms with Crippen molar-refractivity contribution < 1.29 is 4.79 Å². The number of amides is 1. The number of halogens is 1. The van der Waals surface area contributed by atoms with Crippen molar-refractivity contribution in [3.63, 3.8) is 0 Å². The third kappa shape index (κ3) is 3.46. The van der Waals surface area contributed by atoms with E-state index in [0.717, 1.165) is 6.42 Å². The lowest BCUT2D eigenvalue weighted by atomic mass is 10.2. The summed E-state index contributed by atoms with van der Waals surface area (Å²) in [5.74, 6) is -0.448. The molecule has 92 valence electrons. The summed E-state index contributed by atoms with van der Waals surface area (Å²) in [5.41, 5.74) is 0.274. The van der Waals surface area contributed by atoms with Gasteiger partial charge in [0.15, 0.2) is 0 Å². The van der Waals surface area contributed by atoms with Crippen LogP contribution in [-0.4, -0.2) is 17.4 Å². The fraction of sp³-hybridized carbons (Fsp3) is 0.333. The second kappa shape index (κ2) is 6.25. The van der Waals surface area contributed by atoms with Crippen molar-refractivity contribution in [3.8, 4) is 0 Å². The fourth-order valence-electron chi connectivity index (χ4n) is 1.40. The minimum Gasteiger partial charge on any atom is -0.348 e. The SMILES string of the molecule is C=CCNC(=O)c1cc(Cl)c(CCC)[nH]c1=O. The number of rotatable bonds is 5. The Balaban J connectivity index is 3.02. The lowest BCUT2D eigenvalue weighted by Gasteiger charge is -2.06. The maximum atomic E-state index is 11.7. The molecule has 2 N–H and O–H groups in total. The van der Waals surface area contributed by atoms with Crippen LogP contribution in [0.5, 0.6) is 0 Å². The van der Waals surface area contributed by atoms with E-state index < -0.39 is 11.5 Å². The normalized spacial score (nSPS) is 10.0. The Morgan fingerprint density at radius 3 is 2.94 bits per heavy atom. The number of carbonyl (C=O) groups is 1. The second-order valence-electron chi connectivity index (χ2n) is 3.59. The molecule has 0 aliphatic heterocycles. The van der Waals surface area contributed by atoms with E-state index in [2.05, 4.69) is 16.9 Å². The smallest absolute Gasteiger partial charge is 0.261 e. The molecule has 1 aromatic rings. The standard InChI is InChI=1S/C12H15ClN2O2/c1-3-5-10-9(13)7-8(12(17)15-10)11(16)14-6-4-2/h4,7H,2-3,5-6H2,1H3,(H,14,16)(H,15,17). The van der Waals surface area contributed by atoms with Gasteiger partial charge in [-0.15, -0.1) is 6.58 Å². The Bertz CT molecular complexity index is 480. The quantitative estimate of drug-likeness (QED) is 0.789. The monoisotopic (exact) mass is 254 g/mol. The van der Waals surface area contributed by atoms with Gasteiger partial charge in [0, 0.05) is 12.2 Å². The van der Waals surface area contributed by atoms with Crippen molar-refractivity contribution in [2.24, 2.45) is 0 Å². The van der Waals surface area contributed by atoms with Crippen LogP contribution in [0.25, 0.3) is 0 Å². The van der Waals surface area contributed by atoms with Gasteiger partial charge < -0.3 is 10.3 Å². The molecule has 1 aromatic heterocycles. The molecule has 0 spiro atoms. The predicted octanol–water partition coefficient (Wildman–Crippen LogP) is 1.90. The summed E-state index contributed by atoms with van der Waals surface area (Å²) in [7, 11) is 0. The molecule has 0 aromatic carbocycles. The lowest BCUT2D eigenvalue weighted by Crippen LogP contribution is -2.30. The fourth-order valence-corrected chi connectivity index (χ4v) is 1.65. The summed E-state index contributed by atoms with van der Waals surface area (Å²) >= 11 is 5.99. The van der Waals surface area contributed by atoms with E-state index in [4.69, 9.17) is 11.6 Å². The van der Waals surface area contributed by atoms with Crippen LogP contribution in [0.4, 0.5) is 0 Å². The number of hydrogen-bond donors (Lipinski definition) is 2. The summed E-state index contributed by atoms with van der Waals surface area (Å²) in [6.07, 6.45) is 3.10. The van der Waals surface area contributed by atoms with Crippen molar-refractivity contribution in [2.75, 3.05) is 6.54 Å². The molecule has 5 heteroatoms. The van der Waals surface area contributed by atoms with Crippen LogP contribution in [0.1, 0.15) is 29.4 Å². The zero-order valence-corrected chi connectivity index (χ0v) is 10.4. The molecule has 1 amide bonds. The number of aromatic nitrogens is 1. The predicted molar refractivity (Wildman–Crippen MR) is 68.6 cm³/mol. The van der Waals surface area contributed by atoms with Gasteiger partial charge >= 0.3 is 0 Å². The minimum atomic E-state index is -0.448. The molecule has 0 aliphatic rings. The number of aryl methyl sites for hydroxylation is 1. The molecule has 17 heavy (non-hydrogen) atoms. The second-order valence-corrected chi connectivity index (χ2v) is 3.99. The van der Waals surface area contributed by atoms with Gasteiger partial charge in [-0.3, -0.25) is 9.59 Å². The first kappa shape index (κ1) is 13.5. The highest BCUT2D eigenvalue weighted by Crippen LogP contribution is 2.14. The Hall–Kier alpha value is -1.55. The van der Waals surface area contributed by atoms with Crippen LogP contribution >= 0.6 is 11.6 Å². The molecule has 0 aliphatic carbocycles. The van der Waals surface area contributed by atoms with Gasteiger partial charge in [0.2, 0.25) is 0 Å². The van der Waals surface area contributed by atoms with Crippen molar-refractivity contribution in [2.45, 2.75) is 19.8 Å². The van der Waals surface area contributed by atoms with Gasteiger partial charge in [0.05, 0.1) is 5.02 Å². The largest absolute Gasteiger partial charge is 0.348 e. The van der Waals surface area contributed by atoms with E-state index in [1.165, 1.54) is 6.07 Å². The Morgan fingerprint density at radius 2 is 2.35 bits per heavy atom. The molecular formula is C12H15ClN2O2. The first-order valence-electron chi connectivity index (χ1n) is 5.41. The zero-order chi connectivity index (χ0) is 12.8. The van der Waals surface area contributed by atoms with Crippen LogP contribution < -0.4 is 10.9 Å². The Labute approximate surface area is 105 Å². The molecule has 0 saturated heterocycles. The third-order valence-electron chi connectivity index (χ3n) is 2.22. The molecule has 0 fully saturated rings. The summed E-state index contributed by atoms with van der Waals surface area (Å²) in [4.78, 5) is 25.9. The molecule has 0 atom stereocenters. The number of hydrogen-bond acceptors (Lipinski definition) is 2.